The average molecular weight is 695 g/mol. The molecular weight excluding hydrogens is 648 g/mol. The Kier molecular flexibility index (Phi) is 13.7. The van der Waals surface area contributed by atoms with Gasteiger partial charge in [-0.3, -0.25) is 0 Å². The molecule has 0 aliphatic carbocycles. The molecule has 1 aliphatic heterocycles. The second-order valence-corrected chi connectivity index (χ2v) is 12.7. The Bertz CT molecular complexity index is 1720. The highest BCUT2D eigenvalue weighted by Gasteiger charge is 2.44. The fourth-order valence-electron chi connectivity index (χ4n) is 6.07. The van der Waals surface area contributed by atoms with Crippen LogP contribution >= 0.6 is 0 Å². The van der Waals surface area contributed by atoms with Gasteiger partial charge in [0.25, 0.3) is 0 Å². The van der Waals surface area contributed by atoms with Crippen LogP contribution in [-0.2, 0) is 54.8 Å². The van der Waals surface area contributed by atoms with Crippen molar-refractivity contribution in [2.24, 2.45) is 0 Å². The molecule has 1 fully saturated rings. The van der Waals surface area contributed by atoms with E-state index in [9.17, 15) is 15.3 Å². The van der Waals surface area contributed by atoms with Crippen LogP contribution in [0.3, 0.4) is 0 Å². The minimum absolute atomic E-state index is 0.0746. The molecule has 3 N–H and O–H groups in total. The quantitative estimate of drug-likeness (QED) is 0.102. The lowest BCUT2D eigenvalue weighted by Crippen LogP contribution is -2.48. The van der Waals surface area contributed by atoms with E-state index in [1.54, 1.807) is 0 Å². The molecule has 1 aliphatic rings. The number of benzene rings is 5. The van der Waals surface area contributed by atoms with Crippen molar-refractivity contribution >= 4 is 10.8 Å². The number of hydrogen-bond acceptors (Lipinski definition) is 9. The van der Waals surface area contributed by atoms with Crippen LogP contribution in [0.4, 0.5) is 0 Å². The number of aliphatic hydroxyl groups is 3. The third-order valence-electron chi connectivity index (χ3n) is 8.92. The Morgan fingerprint density at radius 2 is 1.06 bits per heavy atom. The highest BCUT2D eigenvalue weighted by molar-refractivity contribution is 5.82. The summed E-state index contributed by atoms with van der Waals surface area (Å²) in [7, 11) is 0. The fraction of sp³-hybridized carbons (Fsp3) is 0.333. The smallest absolute Gasteiger partial charge is 0.186 e. The number of fused-ring (bicyclic) bond motifs is 1. The first-order valence-electron chi connectivity index (χ1n) is 17.3. The lowest BCUT2D eigenvalue weighted by atomic mass is 10.1. The van der Waals surface area contributed by atoms with Crippen LogP contribution < -0.4 is 0 Å². The van der Waals surface area contributed by atoms with Crippen LogP contribution in [0.1, 0.15) is 22.3 Å². The van der Waals surface area contributed by atoms with Gasteiger partial charge in [-0.2, -0.15) is 0 Å². The lowest BCUT2D eigenvalue weighted by molar-refractivity contribution is -0.218. The zero-order chi connectivity index (χ0) is 35.3. The fourth-order valence-corrected chi connectivity index (χ4v) is 6.07. The van der Waals surface area contributed by atoms with Gasteiger partial charge in [-0.25, -0.2) is 0 Å². The molecule has 0 radical (unpaired) electrons. The summed E-state index contributed by atoms with van der Waals surface area (Å²) in [5.41, 5.74) is 3.93. The van der Waals surface area contributed by atoms with Crippen LogP contribution in [0.2, 0.25) is 0 Å². The van der Waals surface area contributed by atoms with Crippen LogP contribution in [0.5, 0.6) is 0 Å². The highest BCUT2D eigenvalue weighted by Crippen LogP contribution is 2.25. The van der Waals surface area contributed by atoms with Gasteiger partial charge in [-0.1, -0.05) is 127 Å². The first-order valence-corrected chi connectivity index (χ1v) is 17.3. The molecule has 5 aromatic carbocycles. The molecule has 9 nitrogen and oxygen atoms in total. The van der Waals surface area contributed by atoms with E-state index in [1.807, 2.05) is 103 Å². The topological polar surface area (TPSA) is 116 Å². The summed E-state index contributed by atoms with van der Waals surface area (Å²) in [6, 6.07) is 44.0. The van der Waals surface area contributed by atoms with Crippen molar-refractivity contribution in [3.05, 3.63) is 156 Å². The first kappa shape index (κ1) is 36.8. The molecule has 7 atom stereocenters. The Morgan fingerprint density at radius 3 is 1.63 bits per heavy atom. The van der Waals surface area contributed by atoms with Crippen LogP contribution in [0, 0.1) is 0 Å². The first-order chi connectivity index (χ1) is 25.1. The summed E-state index contributed by atoms with van der Waals surface area (Å²) in [5.74, 6) is 0. The van der Waals surface area contributed by atoms with Crippen molar-refractivity contribution in [3.8, 4) is 0 Å². The van der Waals surface area contributed by atoms with Gasteiger partial charge >= 0.3 is 0 Å². The van der Waals surface area contributed by atoms with E-state index >= 15 is 0 Å². The largest absolute Gasteiger partial charge is 0.394 e. The van der Waals surface area contributed by atoms with Gasteiger partial charge in [0.05, 0.1) is 46.2 Å². The molecule has 9 heteroatoms. The van der Waals surface area contributed by atoms with E-state index in [1.165, 1.54) is 0 Å². The van der Waals surface area contributed by atoms with Gasteiger partial charge in [0.15, 0.2) is 6.29 Å². The van der Waals surface area contributed by atoms with Gasteiger partial charge in [-0.15, -0.1) is 0 Å². The van der Waals surface area contributed by atoms with Gasteiger partial charge in [0, 0.05) is 0 Å². The zero-order valence-corrected chi connectivity index (χ0v) is 28.5. The van der Waals surface area contributed by atoms with Gasteiger partial charge in [0.1, 0.15) is 36.6 Å². The predicted octanol–water partition coefficient (Wildman–Crippen LogP) is 5.57. The lowest BCUT2D eigenvalue weighted by Gasteiger charge is -2.34. The van der Waals surface area contributed by atoms with E-state index in [0.29, 0.717) is 13.2 Å². The van der Waals surface area contributed by atoms with Crippen molar-refractivity contribution in [1.29, 1.82) is 0 Å². The molecule has 6 rings (SSSR count). The molecule has 5 aromatic rings. The average Bonchev–Trinajstić information content (AvgIpc) is 3.46. The maximum absolute atomic E-state index is 10.7. The van der Waals surface area contributed by atoms with Crippen molar-refractivity contribution in [3.63, 3.8) is 0 Å². The normalized spacial score (nSPS) is 20.7. The van der Waals surface area contributed by atoms with Crippen LogP contribution in [0.15, 0.2) is 133 Å². The van der Waals surface area contributed by atoms with Gasteiger partial charge in [0.2, 0.25) is 0 Å². The second kappa shape index (κ2) is 19.0. The molecule has 0 saturated carbocycles. The second-order valence-electron chi connectivity index (χ2n) is 12.7. The minimum atomic E-state index is -1.35. The third-order valence-corrected chi connectivity index (χ3v) is 8.92. The van der Waals surface area contributed by atoms with Crippen molar-refractivity contribution in [2.75, 3.05) is 19.8 Å². The molecule has 7 unspecified atom stereocenters. The molecule has 0 bridgehead atoms. The van der Waals surface area contributed by atoms with Crippen molar-refractivity contribution in [2.45, 2.75) is 69.3 Å². The van der Waals surface area contributed by atoms with Crippen molar-refractivity contribution < 1.29 is 43.7 Å². The van der Waals surface area contributed by atoms with Gasteiger partial charge in [-0.05, 0) is 39.1 Å². The number of aliphatic hydroxyl groups excluding tert-OH is 3. The summed E-state index contributed by atoms with van der Waals surface area (Å²) in [6.45, 7) is 0.818. The van der Waals surface area contributed by atoms with E-state index in [0.717, 1.165) is 33.0 Å². The molecule has 1 heterocycles. The summed E-state index contributed by atoms with van der Waals surface area (Å²) < 4.78 is 38.0. The van der Waals surface area contributed by atoms with Crippen molar-refractivity contribution in [1.82, 2.24) is 0 Å². The number of hydrogen-bond donors (Lipinski definition) is 3. The highest BCUT2D eigenvalue weighted by atomic mass is 16.7. The Labute approximate surface area is 298 Å². The number of rotatable bonds is 19. The van der Waals surface area contributed by atoms with E-state index in [4.69, 9.17) is 28.4 Å². The Hall–Kier alpha value is -4.00. The van der Waals surface area contributed by atoms with Crippen LogP contribution in [-0.4, -0.2) is 78.1 Å². The molecule has 0 spiro atoms. The maximum atomic E-state index is 10.7. The predicted molar refractivity (Wildman–Crippen MR) is 192 cm³/mol. The summed E-state index contributed by atoms with van der Waals surface area (Å²) in [5, 5.41) is 33.0. The minimum Gasteiger partial charge on any atom is -0.394 e. The third kappa shape index (κ3) is 10.5. The van der Waals surface area contributed by atoms with Gasteiger partial charge < -0.3 is 43.7 Å². The molecule has 51 heavy (non-hydrogen) atoms. The zero-order valence-electron chi connectivity index (χ0n) is 28.5. The molecule has 0 amide bonds. The monoisotopic (exact) mass is 694 g/mol. The SMILES string of the molecule is OCC1OC(OCC(OCc2ccccc2)C(OCc2ccccc2)C(COCc2ccc3ccccc3c2)OCc2ccccc2)C(O)C1O. The van der Waals surface area contributed by atoms with E-state index < -0.39 is 49.5 Å². The maximum Gasteiger partial charge on any atom is 0.186 e. The summed E-state index contributed by atoms with van der Waals surface area (Å²) in [4.78, 5) is 0. The summed E-state index contributed by atoms with van der Waals surface area (Å²) in [6.07, 6.45) is -6.86. The Morgan fingerprint density at radius 1 is 0.529 bits per heavy atom. The summed E-state index contributed by atoms with van der Waals surface area (Å²) >= 11 is 0. The molecule has 268 valence electrons. The van der Waals surface area contributed by atoms with E-state index in [2.05, 4.69) is 30.3 Å². The standard InChI is InChI=1S/C42H46O9/c43-23-36-39(44)40(45)42(51-36)50-29-38(48-26-31-14-6-2-7-15-31)41(49-27-32-16-8-3-9-17-32)37(47-25-30-12-4-1-5-13-30)28-46-24-33-20-21-34-18-10-11-19-35(34)22-33/h1-22,36-45H,23-29H2. The Balaban J connectivity index is 1.26. The molecule has 0 aromatic heterocycles. The van der Waals surface area contributed by atoms with Crippen LogP contribution in [0.25, 0.3) is 10.8 Å². The molecular formula is C42H46O9. The number of ether oxygens (including phenoxy) is 6. The van der Waals surface area contributed by atoms with E-state index in [-0.39, 0.29) is 26.4 Å². The molecule has 1 saturated heterocycles.